The zero-order valence-corrected chi connectivity index (χ0v) is 13.4. The van der Waals surface area contributed by atoms with Gasteiger partial charge in [-0.1, -0.05) is 44.4 Å². The SMILES string of the molecule is CCCCCCn1c2ccccc2c2cc(C(C)=O)ccc21. The van der Waals surface area contributed by atoms with Crippen LogP contribution in [0.5, 0.6) is 0 Å². The van der Waals surface area contributed by atoms with E-state index in [4.69, 9.17) is 0 Å². The van der Waals surface area contributed by atoms with Gasteiger partial charge in [-0.3, -0.25) is 4.79 Å². The molecule has 22 heavy (non-hydrogen) atoms. The topological polar surface area (TPSA) is 22.0 Å². The van der Waals surface area contributed by atoms with E-state index in [9.17, 15) is 4.79 Å². The monoisotopic (exact) mass is 293 g/mol. The lowest BCUT2D eigenvalue weighted by molar-refractivity contribution is 0.101. The predicted octanol–water partition coefficient (Wildman–Crippen LogP) is 5.58. The van der Waals surface area contributed by atoms with Gasteiger partial charge < -0.3 is 4.57 Å². The Balaban J connectivity index is 2.10. The molecular weight excluding hydrogens is 270 g/mol. The van der Waals surface area contributed by atoms with Crippen molar-refractivity contribution in [1.82, 2.24) is 4.57 Å². The number of carbonyl (C=O) groups is 1. The minimum Gasteiger partial charge on any atom is -0.340 e. The molecule has 0 fully saturated rings. The van der Waals surface area contributed by atoms with Gasteiger partial charge in [0.1, 0.15) is 0 Å². The van der Waals surface area contributed by atoms with Crippen LogP contribution in [0.2, 0.25) is 0 Å². The summed E-state index contributed by atoms with van der Waals surface area (Å²) < 4.78 is 2.41. The molecule has 0 aliphatic carbocycles. The van der Waals surface area contributed by atoms with E-state index in [1.165, 1.54) is 47.5 Å². The van der Waals surface area contributed by atoms with Crippen LogP contribution in [0.1, 0.15) is 49.9 Å². The van der Waals surface area contributed by atoms with Crippen LogP contribution in [0.15, 0.2) is 42.5 Å². The lowest BCUT2D eigenvalue weighted by atomic mass is 10.1. The highest BCUT2D eigenvalue weighted by atomic mass is 16.1. The van der Waals surface area contributed by atoms with Gasteiger partial charge in [-0.2, -0.15) is 0 Å². The molecule has 1 heterocycles. The van der Waals surface area contributed by atoms with E-state index in [2.05, 4.69) is 41.8 Å². The maximum atomic E-state index is 11.7. The number of hydrogen-bond acceptors (Lipinski definition) is 1. The van der Waals surface area contributed by atoms with Crippen molar-refractivity contribution in [1.29, 1.82) is 0 Å². The fourth-order valence-electron chi connectivity index (χ4n) is 3.21. The number of fused-ring (bicyclic) bond motifs is 3. The number of para-hydroxylation sites is 1. The Labute approximate surface area is 131 Å². The molecule has 0 unspecified atom stereocenters. The highest BCUT2D eigenvalue weighted by Crippen LogP contribution is 2.30. The molecule has 0 atom stereocenters. The zero-order chi connectivity index (χ0) is 15.5. The van der Waals surface area contributed by atoms with Gasteiger partial charge >= 0.3 is 0 Å². The summed E-state index contributed by atoms with van der Waals surface area (Å²) in [5, 5.41) is 2.44. The fourth-order valence-corrected chi connectivity index (χ4v) is 3.21. The van der Waals surface area contributed by atoms with Gasteiger partial charge in [-0.15, -0.1) is 0 Å². The molecule has 0 saturated heterocycles. The number of aryl methyl sites for hydroxylation is 1. The summed E-state index contributed by atoms with van der Waals surface area (Å²) in [7, 11) is 0. The first-order valence-corrected chi connectivity index (χ1v) is 8.24. The fraction of sp³-hybridized carbons (Fsp3) is 0.350. The van der Waals surface area contributed by atoms with Gasteiger partial charge in [-0.05, 0) is 37.6 Å². The van der Waals surface area contributed by atoms with E-state index in [-0.39, 0.29) is 5.78 Å². The highest BCUT2D eigenvalue weighted by molar-refractivity contribution is 6.10. The van der Waals surface area contributed by atoms with Crippen molar-refractivity contribution in [2.45, 2.75) is 46.1 Å². The van der Waals surface area contributed by atoms with Crippen molar-refractivity contribution in [3.8, 4) is 0 Å². The quantitative estimate of drug-likeness (QED) is 0.429. The summed E-state index contributed by atoms with van der Waals surface area (Å²) >= 11 is 0. The van der Waals surface area contributed by atoms with Crippen LogP contribution in [0, 0.1) is 0 Å². The Morgan fingerprint density at radius 2 is 1.73 bits per heavy atom. The van der Waals surface area contributed by atoms with Crippen molar-refractivity contribution in [2.75, 3.05) is 0 Å². The molecule has 0 saturated carbocycles. The van der Waals surface area contributed by atoms with E-state index in [0.29, 0.717) is 0 Å². The third-order valence-corrected chi connectivity index (χ3v) is 4.41. The van der Waals surface area contributed by atoms with Gasteiger partial charge in [0.05, 0.1) is 0 Å². The van der Waals surface area contributed by atoms with Crippen LogP contribution in [-0.4, -0.2) is 10.4 Å². The predicted molar refractivity (Wildman–Crippen MR) is 93.6 cm³/mol. The number of benzene rings is 2. The summed E-state index contributed by atoms with van der Waals surface area (Å²) in [6, 6.07) is 14.6. The Kier molecular flexibility index (Phi) is 4.28. The molecule has 0 bridgehead atoms. The van der Waals surface area contributed by atoms with Crippen LogP contribution in [0.25, 0.3) is 21.8 Å². The van der Waals surface area contributed by atoms with Crippen LogP contribution in [-0.2, 0) is 6.54 Å². The van der Waals surface area contributed by atoms with E-state index in [1.54, 1.807) is 6.92 Å². The second-order valence-electron chi connectivity index (χ2n) is 6.02. The number of aromatic nitrogens is 1. The first-order valence-electron chi connectivity index (χ1n) is 8.24. The minimum atomic E-state index is 0.127. The number of nitrogens with zero attached hydrogens (tertiary/aromatic N) is 1. The normalized spacial score (nSPS) is 11.4. The van der Waals surface area contributed by atoms with Gasteiger partial charge in [0.15, 0.2) is 5.78 Å². The molecule has 0 spiro atoms. The standard InChI is InChI=1S/C20H23NO/c1-3-4-5-8-13-21-19-10-7-6-9-17(19)18-14-16(15(2)22)11-12-20(18)21/h6-7,9-12,14H,3-5,8,13H2,1-2H3. The minimum absolute atomic E-state index is 0.127. The first kappa shape index (κ1) is 14.8. The lowest BCUT2D eigenvalue weighted by Gasteiger charge is -2.07. The van der Waals surface area contributed by atoms with E-state index in [0.717, 1.165) is 12.1 Å². The summed E-state index contributed by atoms with van der Waals surface area (Å²) in [6.45, 7) is 4.91. The number of unbranched alkanes of at least 4 members (excludes halogenated alkanes) is 3. The number of hydrogen-bond donors (Lipinski definition) is 0. The Morgan fingerprint density at radius 1 is 0.955 bits per heavy atom. The van der Waals surface area contributed by atoms with Crippen LogP contribution < -0.4 is 0 Å². The molecule has 2 heteroatoms. The van der Waals surface area contributed by atoms with Crippen molar-refractivity contribution in [3.05, 3.63) is 48.0 Å². The maximum Gasteiger partial charge on any atom is 0.159 e. The van der Waals surface area contributed by atoms with Gasteiger partial charge in [-0.25, -0.2) is 0 Å². The van der Waals surface area contributed by atoms with Gasteiger partial charge in [0.25, 0.3) is 0 Å². The molecule has 114 valence electrons. The lowest BCUT2D eigenvalue weighted by Crippen LogP contribution is -1.98. The number of carbonyl (C=O) groups excluding carboxylic acids is 1. The average molecular weight is 293 g/mol. The second kappa shape index (κ2) is 6.35. The van der Waals surface area contributed by atoms with Crippen LogP contribution >= 0.6 is 0 Å². The summed E-state index contributed by atoms with van der Waals surface area (Å²) in [6.07, 6.45) is 5.03. The average Bonchev–Trinajstić information content (AvgIpc) is 2.85. The second-order valence-corrected chi connectivity index (χ2v) is 6.02. The molecule has 0 N–H and O–H groups in total. The first-order chi connectivity index (χ1) is 10.7. The third-order valence-electron chi connectivity index (χ3n) is 4.41. The van der Waals surface area contributed by atoms with Crippen molar-refractivity contribution in [3.63, 3.8) is 0 Å². The number of ketones is 1. The molecule has 3 rings (SSSR count). The molecular formula is C20H23NO. The summed E-state index contributed by atoms with van der Waals surface area (Å²) in [5.74, 6) is 0.127. The Bertz CT molecular complexity index is 813. The molecule has 3 aromatic rings. The molecule has 0 amide bonds. The number of Topliss-reactive ketones (excluding diaryl/α,β-unsaturated/α-hetero) is 1. The van der Waals surface area contributed by atoms with Crippen molar-refractivity contribution < 1.29 is 4.79 Å². The third kappa shape index (κ3) is 2.66. The maximum absolute atomic E-state index is 11.7. The van der Waals surface area contributed by atoms with E-state index in [1.807, 2.05) is 12.1 Å². The Hall–Kier alpha value is -2.09. The molecule has 2 nitrogen and oxygen atoms in total. The highest BCUT2D eigenvalue weighted by Gasteiger charge is 2.11. The summed E-state index contributed by atoms with van der Waals surface area (Å²) in [5.41, 5.74) is 3.30. The largest absolute Gasteiger partial charge is 0.340 e. The van der Waals surface area contributed by atoms with Crippen molar-refractivity contribution in [2.24, 2.45) is 0 Å². The molecule has 0 aliphatic rings. The van der Waals surface area contributed by atoms with E-state index < -0.39 is 0 Å². The zero-order valence-electron chi connectivity index (χ0n) is 13.4. The molecule has 1 aromatic heterocycles. The van der Waals surface area contributed by atoms with Crippen molar-refractivity contribution >= 4 is 27.6 Å². The molecule has 0 aliphatic heterocycles. The van der Waals surface area contributed by atoms with Crippen LogP contribution in [0.3, 0.4) is 0 Å². The molecule has 2 aromatic carbocycles. The Morgan fingerprint density at radius 3 is 2.50 bits per heavy atom. The smallest absolute Gasteiger partial charge is 0.159 e. The van der Waals surface area contributed by atoms with E-state index >= 15 is 0 Å². The molecule has 0 radical (unpaired) electrons. The number of rotatable bonds is 6. The summed E-state index contributed by atoms with van der Waals surface area (Å²) in [4.78, 5) is 11.7. The van der Waals surface area contributed by atoms with Gasteiger partial charge in [0, 0.05) is 33.9 Å². The van der Waals surface area contributed by atoms with Crippen LogP contribution in [0.4, 0.5) is 0 Å². The van der Waals surface area contributed by atoms with Gasteiger partial charge in [0.2, 0.25) is 0 Å².